The van der Waals surface area contributed by atoms with Crippen LogP contribution in [0.25, 0.3) is 10.2 Å². The average Bonchev–Trinajstić information content (AvgIpc) is 3.14. The van der Waals surface area contributed by atoms with Gasteiger partial charge in [-0.3, -0.25) is 9.69 Å². The minimum Gasteiger partial charge on any atom is -0.302 e. The van der Waals surface area contributed by atoms with Gasteiger partial charge in [-0.05, 0) is 43.4 Å². The first-order valence-electron chi connectivity index (χ1n) is 9.74. The molecule has 1 aromatic heterocycles. The summed E-state index contributed by atoms with van der Waals surface area (Å²) < 4.78 is 51.5. The molecule has 0 unspecified atom stereocenters. The van der Waals surface area contributed by atoms with Gasteiger partial charge in [0.1, 0.15) is 11.3 Å². The Hall–Kier alpha value is -2.43. The van der Waals surface area contributed by atoms with Crippen molar-refractivity contribution in [3.63, 3.8) is 0 Å². The highest BCUT2D eigenvalue weighted by Gasteiger charge is 2.23. The van der Waals surface area contributed by atoms with Gasteiger partial charge in [-0.2, -0.15) is 0 Å². The third kappa shape index (κ3) is 5.25. The van der Waals surface area contributed by atoms with Crippen molar-refractivity contribution in [2.75, 3.05) is 37.3 Å². The molecule has 0 aliphatic heterocycles. The van der Waals surface area contributed by atoms with E-state index in [9.17, 15) is 22.0 Å². The summed E-state index contributed by atoms with van der Waals surface area (Å²) in [5.41, 5.74) is 0.285. The van der Waals surface area contributed by atoms with Crippen LogP contribution in [0.3, 0.4) is 0 Å². The maximum absolute atomic E-state index is 14.2. The van der Waals surface area contributed by atoms with Crippen LogP contribution in [-0.2, 0) is 9.84 Å². The Balaban J connectivity index is 2.00. The first kappa shape index (κ1) is 23.2. The molecule has 0 N–H and O–H groups in total. The minimum atomic E-state index is -3.39. The van der Waals surface area contributed by atoms with Crippen molar-refractivity contribution in [2.45, 2.75) is 18.7 Å². The summed E-state index contributed by atoms with van der Waals surface area (Å²) in [4.78, 5) is 21.2. The summed E-state index contributed by atoms with van der Waals surface area (Å²) in [7, 11) is -3.39. The topological polar surface area (TPSA) is 70.6 Å². The number of amides is 1. The molecule has 166 valence electrons. The van der Waals surface area contributed by atoms with Crippen LogP contribution in [0.4, 0.5) is 13.9 Å². The predicted molar refractivity (Wildman–Crippen MR) is 119 cm³/mol. The molecule has 0 bridgehead atoms. The first-order chi connectivity index (χ1) is 14.6. The van der Waals surface area contributed by atoms with Crippen LogP contribution in [0.15, 0.2) is 41.3 Å². The molecule has 0 saturated heterocycles. The zero-order valence-electron chi connectivity index (χ0n) is 17.4. The van der Waals surface area contributed by atoms with Crippen molar-refractivity contribution in [2.24, 2.45) is 0 Å². The highest BCUT2D eigenvalue weighted by molar-refractivity contribution is 7.90. The number of benzene rings is 2. The summed E-state index contributed by atoms with van der Waals surface area (Å²) >= 11 is 1.03. The molecule has 1 heterocycles. The van der Waals surface area contributed by atoms with Crippen molar-refractivity contribution in [1.29, 1.82) is 0 Å². The van der Waals surface area contributed by atoms with Crippen LogP contribution >= 0.6 is 11.3 Å². The van der Waals surface area contributed by atoms with Gasteiger partial charge in [0.2, 0.25) is 0 Å². The number of anilines is 1. The highest BCUT2D eigenvalue weighted by atomic mass is 32.2. The van der Waals surface area contributed by atoms with E-state index in [0.717, 1.165) is 36.7 Å². The van der Waals surface area contributed by atoms with Crippen LogP contribution in [0.5, 0.6) is 0 Å². The summed E-state index contributed by atoms with van der Waals surface area (Å²) in [6.07, 6.45) is 1.09. The number of carbonyl (C=O) groups excluding carboxylic acids is 1. The second-order valence-electron chi connectivity index (χ2n) is 7.01. The maximum Gasteiger partial charge on any atom is 0.260 e. The number of fused-ring (bicyclic) bond motifs is 1. The molecule has 3 rings (SSSR count). The van der Waals surface area contributed by atoms with Crippen molar-refractivity contribution in [3.8, 4) is 0 Å². The van der Waals surface area contributed by atoms with E-state index in [1.807, 2.05) is 13.8 Å². The van der Waals surface area contributed by atoms with Gasteiger partial charge in [0.05, 0.1) is 9.60 Å². The molecule has 0 radical (unpaired) electrons. The lowest BCUT2D eigenvalue weighted by Crippen LogP contribution is -2.38. The van der Waals surface area contributed by atoms with E-state index in [-0.39, 0.29) is 27.7 Å². The third-order valence-corrected chi connectivity index (χ3v) is 7.10. The third-order valence-electron chi connectivity index (χ3n) is 4.94. The molecule has 10 heteroatoms. The average molecular weight is 468 g/mol. The van der Waals surface area contributed by atoms with Crippen LogP contribution < -0.4 is 4.90 Å². The Bertz CT molecular complexity index is 1190. The van der Waals surface area contributed by atoms with Gasteiger partial charge in [0, 0.05) is 31.0 Å². The largest absolute Gasteiger partial charge is 0.302 e. The van der Waals surface area contributed by atoms with Gasteiger partial charge in [0.15, 0.2) is 20.8 Å². The number of halogens is 2. The van der Waals surface area contributed by atoms with E-state index >= 15 is 0 Å². The summed E-state index contributed by atoms with van der Waals surface area (Å²) in [5, 5.41) is 0.254. The van der Waals surface area contributed by atoms with E-state index in [2.05, 4.69) is 9.88 Å². The molecule has 3 aromatic rings. The van der Waals surface area contributed by atoms with Crippen LogP contribution in [0.1, 0.15) is 24.2 Å². The molecule has 0 saturated carbocycles. The van der Waals surface area contributed by atoms with Gasteiger partial charge in [-0.15, -0.1) is 0 Å². The Morgan fingerprint density at radius 1 is 1.06 bits per heavy atom. The fourth-order valence-corrected chi connectivity index (χ4v) is 4.79. The lowest BCUT2D eigenvalue weighted by atomic mass is 10.2. The summed E-state index contributed by atoms with van der Waals surface area (Å²) in [5.74, 6) is -1.89. The van der Waals surface area contributed by atoms with Crippen LogP contribution in [-0.4, -0.2) is 56.6 Å². The number of likely N-dealkylation sites (N-methyl/N-ethyl adjacent to an activating group) is 1. The van der Waals surface area contributed by atoms with Gasteiger partial charge < -0.3 is 4.90 Å². The number of rotatable bonds is 8. The zero-order valence-corrected chi connectivity index (χ0v) is 19.1. The zero-order chi connectivity index (χ0) is 22.8. The van der Waals surface area contributed by atoms with Gasteiger partial charge >= 0.3 is 0 Å². The van der Waals surface area contributed by atoms with E-state index < -0.39 is 27.4 Å². The number of aromatic nitrogens is 1. The monoisotopic (exact) mass is 467 g/mol. The van der Waals surface area contributed by atoms with Gasteiger partial charge in [0.25, 0.3) is 5.91 Å². The molecule has 0 atom stereocenters. The molecule has 31 heavy (non-hydrogen) atoms. The normalized spacial score (nSPS) is 11.9. The number of carbonyl (C=O) groups is 1. The Morgan fingerprint density at radius 2 is 1.71 bits per heavy atom. The number of thiazole rings is 1. The summed E-state index contributed by atoms with van der Waals surface area (Å²) in [6, 6.07) is 7.58. The molecular weight excluding hydrogens is 444 g/mol. The smallest absolute Gasteiger partial charge is 0.260 e. The van der Waals surface area contributed by atoms with Crippen LogP contribution in [0.2, 0.25) is 0 Å². The molecular formula is C21H23F2N3O3S2. The van der Waals surface area contributed by atoms with Crippen molar-refractivity contribution in [3.05, 3.63) is 53.6 Å². The van der Waals surface area contributed by atoms with Crippen LogP contribution in [0, 0.1) is 11.6 Å². The summed E-state index contributed by atoms with van der Waals surface area (Å²) in [6.45, 7) is 6.46. The quantitative estimate of drug-likeness (QED) is 0.501. The molecule has 2 aromatic carbocycles. The Kier molecular flexibility index (Phi) is 7.03. The second kappa shape index (κ2) is 9.37. The Labute approximate surface area is 184 Å². The van der Waals surface area contributed by atoms with E-state index in [1.54, 1.807) is 0 Å². The van der Waals surface area contributed by atoms with Gasteiger partial charge in [-0.25, -0.2) is 22.2 Å². The lowest BCUT2D eigenvalue weighted by molar-refractivity contribution is 0.0983. The number of hydrogen-bond donors (Lipinski definition) is 0. The van der Waals surface area contributed by atoms with E-state index in [4.69, 9.17) is 0 Å². The number of sulfone groups is 1. The second-order valence-corrected chi connectivity index (χ2v) is 10.0. The SMILES string of the molecule is CCN(CC)CCN(C(=O)c1ccc(S(C)(=O)=O)cc1)c1nc2c(F)cc(F)cc2s1. The number of nitrogens with zero attached hydrogens (tertiary/aromatic N) is 3. The van der Waals surface area contributed by atoms with Crippen molar-refractivity contribution < 1.29 is 22.0 Å². The molecule has 0 spiro atoms. The standard InChI is InChI=1S/C21H23F2N3O3S2/c1-4-25(5-2)10-11-26(20(27)14-6-8-16(9-7-14)31(3,28)29)21-24-19-17(23)12-15(22)13-18(19)30-21/h6-9,12-13H,4-5,10-11H2,1-3H3. The number of hydrogen-bond acceptors (Lipinski definition) is 6. The molecule has 0 aliphatic carbocycles. The van der Waals surface area contributed by atoms with E-state index in [1.165, 1.54) is 35.2 Å². The first-order valence-corrected chi connectivity index (χ1v) is 12.4. The molecule has 0 fully saturated rings. The molecule has 6 nitrogen and oxygen atoms in total. The van der Waals surface area contributed by atoms with Crippen molar-refractivity contribution >= 4 is 42.4 Å². The van der Waals surface area contributed by atoms with E-state index in [0.29, 0.717) is 11.2 Å². The highest BCUT2D eigenvalue weighted by Crippen LogP contribution is 2.32. The van der Waals surface area contributed by atoms with Gasteiger partial charge in [-0.1, -0.05) is 25.2 Å². The minimum absolute atomic E-state index is 0.00876. The Morgan fingerprint density at radius 3 is 2.29 bits per heavy atom. The maximum atomic E-state index is 14.2. The fraction of sp³-hybridized carbons (Fsp3) is 0.333. The predicted octanol–water partition coefficient (Wildman–Crippen LogP) is 3.97. The van der Waals surface area contributed by atoms with Crippen molar-refractivity contribution in [1.82, 2.24) is 9.88 Å². The lowest BCUT2D eigenvalue weighted by Gasteiger charge is -2.24. The fourth-order valence-electron chi connectivity index (χ4n) is 3.13. The molecule has 1 amide bonds. The molecule has 0 aliphatic rings.